The highest BCUT2D eigenvalue weighted by Crippen LogP contribution is 2.27. The molecule has 0 saturated carbocycles. The summed E-state index contributed by atoms with van der Waals surface area (Å²) in [5, 5.41) is 16.1. The Morgan fingerprint density at radius 1 is 0.946 bits per heavy atom. The Bertz CT molecular complexity index is 1430. The van der Waals surface area contributed by atoms with Crippen LogP contribution < -0.4 is 10.7 Å². The molecule has 0 radical (unpaired) electrons. The number of benzene rings is 3. The highest BCUT2D eigenvalue weighted by molar-refractivity contribution is 6.33. The van der Waals surface area contributed by atoms with Gasteiger partial charge in [-0.1, -0.05) is 66.2 Å². The fourth-order valence-corrected chi connectivity index (χ4v) is 3.85. The largest absolute Gasteiger partial charge is 0.478 e. The number of carboxylic acids is 1. The van der Waals surface area contributed by atoms with Crippen LogP contribution in [0.25, 0.3) is 11.3 Å². The van der Waals surface area contributed by atoms with Crippen LogP contribution in [-0.2, 0) is 4.79 Å². The minimum atomic E-state index is -1.12. The lowest BCUT2D eigenvalue weighted by atomic mass is 10.0. The van der Waals surface area contributed by atoms with Crippen molar-refractivity contribution in [2.45, 2.75) is 12.5 Å². The molecule has 0 fully saturated rings. The van der Waals surface area contributed by atoms with Gasteiger partial charge < -0.3 is 14.8 Å². The topological polar surface area (TPSA) is 121 Å². The average molecular weight is 516 g/mol. The van der Waals surface area contributed by atoms with Crippen molar-refractivity contribution in [3.05, 3.63) is 118 Å². The summed E-state index contributed by atoms with van der Waals surface area (Å²) in [6.07, 6.45) is 1.31. The van der Waals surface area contributed by atoms with E-state index in [2.05, 4.69) is 15.8 Å². The SMILES string of the molecule is O=C(C[C@@H](NC(=O)c1ccccc1)c1ccccc1)N/N=C\c1ccc(-c2ccc(C(=O)O)c(Cl)c2)o1. The third-order valence-corrected chi connectivity index (χ3v) is 5.74. The number of carbonyl (C=O) groups is 3. The summed E-state index contributed by atoms with van der Waals surface area (Å²) in [4.78, 5) is 36.4. The van der Waals surface area contributed by atoms with E-state index < -0.39 is 17.9 Å². The maximum absolute atomic E-state index is 12.7. The summed E-state index contributed by atoms with van der Waals surface area (Å²) in [5.74, 6) is -0.981. The van der Waals surface area contributed by atoms with Crippen molar-refractivity contribution in [1.82, 2.24) is 10.7 Å². The number of nitrogens with one attached hydrogen (secondary N) is 2. The number of nitrogens with zero attached hydrogens (tertiary/aromatic N) is 1. The predicted molar refractivity (Wildman–Crippen MR) is 140 cm³/mol. The molecule has 186 valence electrons. The van der Waals surface area contributed by atoms with E-state index in [9.17, 15) is 14.4 Å². The quantitative estimate of drug-likeness (QED) is 0.206. The first-order valence-corrected chi connectivity index (χ1v) is 11.6. The van der Waals surface area contributed by atoms with Crippen LogP contribution in [0.3, 0.4) is 0 Å². The number of amides is 2. The van der Waals surface area contributed by atoms with Crippen LogP contribution in [0.4, 0.5) is 0 Å². The zero-order chi connectivity index (χ0) is 26.2. The number of aromatic carboxylic acids is 1. The van der Waals surface area contributed by atoms with E-state index in [1.165, 1.54) is 18.3 Å². The lowest BCUT2D eigenvalue weighted by Crippen LogP contribution is -2.32. The Kier molecular flexibility index (Phi) is 8.12. The lowest BCUT2D eigenvalue weighted by molar-refractivity contribution is -0.121. The van der Waals surface area contributed by atoms with E-state index in [4.69, 9.17) is 21.1 Å². The molecule has 0 spiro atoms. The smallest absolute Gasteiger partial charge is 0.337 e. The fraction of sp³-hybridized carbons (Fsp3) is 0.0714. The molecule has 1 atom stereocenters. The van der Waals surface area contributed by atoms with Gasteiger partial charge in [0.25, 0.3) is 5.91 Å². The molecule has 0 saturated heterocycles. The van der Waals surface area contributed by atoms with Gasteiger partial charge in [0.1, 0.15) is 11.5 Å². The summed E-state index contributed by atoms with van der Waals surface area (Å²) in [6.45, 7) is 0. The summed E-state index contributed by atoms with van der Waals surface area (Å²) in [6, 6.07) is 25.2. The van der Waals surface area contributed by atoms with E-state index in [1.807, 2.05) is 36.4 Å². The number of carboxylic acid groups (broad SMARTS) is 1. The number of halogens is 1. The van der Waals surface area contributed by atoms with E-state index in [-0.39, 0.29) is 22.9 Å². The highest BCUT2D eigenvalue weighted by atomic mass is 35.5. The van der Waals surface area contributed by atoms with Gasteiger partial charge in [-0.05, 0) is 42.0 Å². The van der Waals surface area contributed by atoms with Crippen LogP contribution in [0.5, 0.6) is 0 Å². The van der Waals surface area contributed by atoms with Crippen LogP contribution in [0.2, 0.25) is 5.02 Å². The van der Waals surface area contributed by atoms with Gasteiger partial charge in [-0.15, -0.1) is 0 Å². The normalized spacial score (nSPS) is 11.7. The number of hydrogen-bond acceptors (Lipinski definition) is 5. The van der Waals surface area contributed by atoms with Crippen molar-refractivity contribution in [1.29, 1.82) is 0 Å². The molecule has 3 aromatic carbocycles. The van der Waals surface area contributed by atoms with Crippen molar-refractivity contribution in [3.63, 3.8) is 0 Å². The molecule has 8 nitrogen and oxygen atoms in total. The van der Waals surface area contributed by atoms with Crippen molar-refractivity contribution in [2.24, 2.45) is 5.10 Å². The monoisotopic (exact) mass is 515 g/mol. The standard InChI is InChI=1S/C28H22ClN3O5/c29-23-15-20(11-13-22(23)28(35)36)25-14-12-21(37-25)17-30-32-26(33)16-24(18-7-3-1-4-8-18)31-27(34)19-9-5-2-6-10-19/h1-15,17,24H,16H2,(H,31,34)(H,32,33)(H,35,36)/b30-17-/t24-/m1/s1. The van der Waals surface area contributed by atoms with Crippen molar-refractivity contribution in [3.8, 4) is 11.3 Å². The first-order valence-electron chi connectivity index (χ1n) is 11.3. The number of hydrazone groups is 1. The lowest BCUT2D eigenvalue weighted by Gasteiger charge is -2.18. The molecule has 4 aromatic rings. The number of carbonyl (C=O) groups excluding carboxylic acids is 2. The van der Waals surface area contributed by atoms with Gasteiger partial charge in [-0.3, -0.25) is 9.59 Å². The molecule has 3 N–H and O–H groups in total. The Morgan fingerprint density at radius 2 is 1.65 bits per heavy atom. The summed E-state index contributed by atoms with van der Waals surface area (Å²) in [5.41, 5.74) is 4.33. The second kappa shape index (κ2) is 11.8. The van der Waals surface area contributed by atoms with Gasteiger partial charge in [0.2, 0.25) is 5.91 Å². The first-order chi connectivity index (χ1) is 17.9. The summed E-state index contributed by atoms with van der Waals surface area (Å²) < 4.78 is 5.70. The second-order valence-corrected chi connectivity index (χ2v) is 8.41. The van der Waals surface area contributed by atoms with E-state index in [1.54, 1.807) is 42.5 Å². The van der Waals surface area contributed by atoms with Gasteiger partial charge in [0.05, 0.1) is 29.3 Å². The molecule has 1 heterocycles. The van der Waals surface area contributed by atoms with Gasteiger partial charge in [-0.2, -0.15) is 5.10 Å². The minimum absolute atomic E-state index is 0.00441. The maximum atomic E-state index is 12.7. The van der Waals surface area contributed by atoms with Crippen molar-refractivity contribution in [2.75, 3.05) is 0 Å². The van der Waals surface area contributed by atoms with E-state index >= 15 is 0 Å². The highest BCUT2D eigenvalue weighted by Gasteiger charge is 2.19. The minimum Gasteiger partial charge on any atom is -0.478 e. The van der Waals surface area contributed by atoms with E-state index in [0.29, 0.717) is 22.6 Å². The molecule has 0 aliphatic rings. The summed E-state index contributed by atoms with van der Waals surface area (Å²) >= 11 is 6.03. The molecule has 37 heavy (non-hydrogen) atoms. The van der Waals surface area contributed by atoms with Gasteiger partial charge in [0, 0.05) is 11.1 Å². The Labute approximate surface area is 217 Å². The summed E-state index contributed by atoms with van der Waals surface area (Å²) in [7, 11) is 0. The third kappa shape index (κ3) is 6.71. The molecule has 0 unspecified atom stereocenters. The Morgan fingerprint density at radius 3 is 2.32 bits per heavy atom. The fourth-order valence-electron chi connectivity index (χ4n) is 3.59. The number of furan rings is 1. The maximum Gasteiger partial charge on any atom is 0.337 e. The van der Waals surface area contributed by atoms with Crippen LogP contribution in [0, 0.1) is 0 Å². The molecular weight excluding hydrogens is 494 g/mol. The zero-order valence-corrected chi connectivity index (χ0v) is 20.2. The van der Waals surface area contributed by atoms with Crippen LogP contribution in [0.1, 0.15) is 44.5 Å². The van der Waals surface area contributed by atoms with Gasteiger partial charge in [0.15, 0.2) is 0 Å². The zero-order valence-electron chi connectivity index (χ0n) is 19.4. The number of hydrogen-bond donors (Lipinski definition) is 3. The first kappa shape index (κ1) is 25.4. The molecular formula is C28H22ClN3O5. The molecule has 9 heteroatoms. The third-order valence-electron chi connectivity index (χ3n) is 5.42. The molecule has 4 rings (SSSR count). The molecule has 0 aliphatic carbocycles. The average Bonchev–Trinajstić information content (AvgIpc) is 3.38. The van der Waals surface area contributed by atoms with Crippen molar-refractivity contribution >= 4 is 35.6 Å². The molecule has 0 aliphatic heterocycles. The molecule has 1 aromatic heterocycles. The second-order valence-electron chi connectivity index (χ2n) is 8.00. The molecule has 2 amide bonds. The van der Waals surface area contributed by atoms with Gasteiger partial charge >= 0.3 is 5.97 Å². The Balaban J connectivity index is 1.39. The van der Waals surface area contributed by atoms with Crippen LogP contribution in [0.15, 0.2) is 101 Å². The number of rotatable bonds is 9. The van der Waals surface area contributed by atoms with Crippen LogP contribution in [-0.4, -0.2) is 29.1 Å². The van der Waals surface area contributed by atoms with Gasteiger partial charge in [-0.25, -0.2) is 10.2 Å². The molecule has 0 bridgehead atoms. The van der Waals surface area contributed by atoms with E-state index in [0.717, 1.165) is 5.56 Å². The predicted octanol–water partition coefficient (Wildman–Crippen LogP) is 5.31. The Hall–Kier alpha value is -4.69. The van der Waals surface area contributed by atoms with Crippen molar-refractivity contribution < 1.29 is 23.9 Å². The van der Waals surface area contributed by atoms with Crippen LogP contribution >= 0.6 is 11.6 Å².